The molecule has 0 saturated heterocycles. The van der Waals surface area contributed by atoms with Crippen LogP contribution in [0.4, 0.5) is 0 Å². The minimum absolute atomic E-state index is 0.953. The van der Waals surface area contributed by atoms with Gasteiger partial charge in [0, 0.05) is 16.5 Å². The molecule has 0 aliphatic carbocycles. The Morgan fingerprint density at radius 3 is 2.44 bits per heavy atom. The highest BCUT2D eigenvalue weighted by Gasteiger charge is 2.01. The minimum Gasteiger partial charge on any atom is -0.0979 e. The lowest BCUT2D eigenvalue weighted by Crippen LogP contribution is -1.83. The zero-order valence-corrected chi connectivity index (χ0v) is 12.0. The lowest BCUT2D eigenvalue weighted by molar-refractivity contribution is 0.983. The maximum atomic E-state index is 3.46. The van der Waals surface area contributed by atoms with E-state index in [1.165, 1.54) is 11.1 Å². The number of unbranched alkanes of at least 4 members (excludes halogenated alkanes) is 1. The fourth-order valence-corrected chi connectivity index (χ4v) is 2.02. The average molecular weight is 299 g/mol. The lowest BCUT2D eigenvalue weighted by Gasteiger charge is -2.04. The fraction of sp³-hybridized carbons (Fsp3) is 0.176. The van der Waals surface area contributed by atoms with Gasteiger partial charge in [-0.25, -0.2) is 0 Å². The van der Waals surface area contributed by atoms with Gasteiger partial charge in [-0.3, -0.25) is 0 Å². The third-order valence-corrected chi connectivity index (χ3v) is 3.21. The first-order valence-corrected chi connectivity index (χ1v) is 6.94. The first-order valence-electron chi connectivity index (χ1n) is 6.15. The predicted octanol–water partition coefficient (Wildman–Crippen LogP) is 5.27. The van der Waals surface area contributed by atoms with Crippen LogP contribution >= 0.6 is 15.9 Å². The molecule has 90 valence electrons. The van der Waals surface area contributed by atoms with Crippen molar-refractivity contribution >= 4 is 15.9 Å². The van der Waals surface area contributed by atoms with E-state index < -0.39 is 0 Å². The third kappa shape index (κ3) is 3.24. The summed E-state index contributed by atoms with van der Waals surface area (Å²) in [4.78, 5) is 0. The Hall–Kier alpha value is -1.52. The highest BCUT2D eigenvalue weighted by molar-refractivity contribution is 9.10. The average Bonchev–Trinajstić information content (AvgIpc) is 2.41. The Balaban J connectivity index is 2.39. The second kappa shape index (κ2) is 6.42. The topological polar surface area (TPSA) is 0 Å². The molecule has 0 aliphatic heterocycles. The maximum absolute atomic E-state index is 3.46. The summed E-state index contributed by atoms with van der Waals surface area (Å²) in [6.45, 7) is 2.15. The van der Waals surface area contributed by atoms with Crippen LogP contribution in [0.25, 0.3) is 11.1 Å². The number of benzene rings is 2. The molecule has 0 fully saturated rings. The van der Waals surface area contributed by atoms with Crippen molar-refractivity contribution in [3.05, 3.63) is 58.6 Å². The van der Waals surface area contributed by atoms with E-state index in [2.05, 4.69) is 77.2 Å². The van der Waals surface area contributed by atoms with E-state index in [4.69, 9.17) is 0 Å². The van der Waals surface area contributed by atoms with Gasteiger partial charge in [0.25, 0.3) is 0 Å². The summed E-state index contributed by atoms with van der Waals surface area (Å²) < 4.78 is 1.10. The molecule has 0 heterocycles. The van der Waals surface area contributed by atoms with Crippen LogP contribution in [0.2, 0.25) is 0 Å². The number of hydrogen-bond acceptors (Lipinski definition) is 0. The molecule has 2 rings (SSSR count). The molecule has 0 saturated carbocycles. The van der Waals surface area contributed by atoms with E-state index >= 15 is 0 Å². The molecule has 0 aromatic heterocycles. The largest absolute Gasteiger partial charge is 0.0979 e. The van der Waals surface area contributed by atoms with Crippen molar-refractivity contribution in [1.82, 2.24) is 0 Å². The van der Waals surface area contributed by atoms with Crippen molar-refractivity contribution < 1.29 is 0 Å². The summed E-state index contributed by atoms with van der Waals surface area (Å²) >= 11 is 3.46. The van der Waals surface area contributed by atoms with Crippen molar-refractivity contribution in [3.63, 3.8) is 0 Å². The molecular formula is C17H15Br. The molecule has 0 spiro atoms. The standard InChI is InChI=1S/C17H15Br/c1-2-3-4-7-14-8-5-6-9-17(14)15-10-12-16(18)13-11-15/h5-6,8-13H,2-3H2,1H3. The minimum atomic E-state index is 0.953. The second-order valence-corrected chi connectivity index (χ2v) is 5.02. The summed E-state index contributed by atoms with van der Waals surface area (Å²) in [6, 6.07) is 16.7. The summed E-state index contributed by atoms with van der Waals surface area (Å²) in [5, 5.41) is 0. The lowest BCUT2D eigenvalue weighted by atomic mass is 10.00. The van der Waals surface area contributed by atoms with Crippen molar-refractivity contribution in [2.75, 3.05) is 0 Å². The molecule has 0 radical (unpaired) electrons. The summed E-state index contributed by atoms with van der Waals surface area (Å²) in [6.07, 6.45) is 2.06. The molecule has 2 aromatic carbocycles. The molecule has 18 heavy (non-hydrogen) atoms. The van der Waals surface area contributed by atoms with E-state index in [1.54, 1.807) is 0 Å². The first kappa shape index (κ1) is 12.9. The smallest absolute Gasteiger partial charge is 0.0323 e. The van der Waals surface area contributed by atoms with E-state index in [9.17, 15) is 0 Å². The summed E-state index contributed by atoms with van der Waals surface area (Å²) in [5.74, 6) is 6.48. The third-order valence-electron chi connectivity index (χ3n) is 2.68. The summed E-state index contributed by atoms with van der Waals surface area (Å²) in [5.41, 5.74) is 3.52. The van der Waals surface area contributed by atoms with Crippen LogP contribution in [0.3, 0.4) is 0 Å². The summed E-state index contributed by atoms with van der Waals surface area (Å²) in [7, 11) is 0. The van der Waals surface area contributed by atoms with Gasteiger partial charge in [-0.2, -0.15) is 0 Å². The number of rotatable bonds is 2. The van der Waals surface area contributed by atoms with Gasteiger partial charge in [-0.05, 0) is 35.7 Å². The van der Waals surface area contributed by atoms with Gasteiger partial charge < -0.3 is 0 Å². The Labute approximate surface area is 117 Å². The van der Waals surface area contributed by atoms with Gasteiger partial charge in [0.1, 0.15) is 0 Å². The van der Waals surface area contributed by atoms with Crippen LogP contribution in [0.15, 0.2) is 53.0 Å². The predicted molar refractivity (Wildman–Crippen MR) is 81.4 cm³/mol. The van der Waals surface area contributed by atoms with Gasteiger partial charge >= 0.3 is 0 Å². The molecule has 0 atom stereocenters. The molecule has 0 bridgehead atoms. The number of halogens is 1. The Morgan fingerprint density at radius 2 is 1.72 bits per heavy atom. The molecule has 1 heteroatoms. The van der Waals surface area contributed by atoms with E-state index in [1.807, 2.05) is 6.07 Å². The van der Waals surface area contributed by atoms with Crippen LogP contribution < -0.4 is 0 Å². The molecule has 0 amide bonds. The van der Waals surface area contributed by atoms with Crippen molar-refractivity contribution in [1.29, 1.82) is 0 Å². The highest BCUT2D eigenvalue weighted by atomic mass is 79.9. The maximum Gasteiger partial charge on any atom is 0.0323 e. The monoisotopic (exact) mass is 298 g/mol. The van der Waals surface area contributed by atoms with Gasteiger partial charge in [-0.15, -0.1) is 0 Å². The van der Waals surface area contributed by atoms with Crippen molar-refractivity contribution in [2.45, 2.75) is 19.8 Å². The molecular weight excluding hydrogens is 284 g/mol. The second-order valence-electron chi connectivity index (χ2n) is 4.10. The van der Waals surface area contributed by atoms with Crippen LogP contribution in [-0.2, 0) is 0 Å². The zero-order valence-electron chi connectivity index (χ0n) is 10.4. The molecule has 0 N–H and O–H groups in total. The van der Waals surface area contributed by atoms with E-state index in [-0.39, 0.29) is 0 Å². The van der Waals surface area contributed by atoms with Crippen LogP contribution in [-0.4, -0.2) is 0 Å². The number of hydrogen-bond donors (Lipinski definition) is 0. The highest BCUT2D eigenvalue weighted by Crippen LogP contribution is 2.24. The van der Waals surface area contributed by atoms with E-state index in [0.717, 1.165) is 22.9 Å². The Morgan fingerprint density at radius 1 is 1.00 bits per heavy atom. The van der Waals surface area contributed by atoms with Crippen LogP contribution in [0, 0.1) is 11.8 Å². The van der Waals surface area contributed by atoms with E-state index in [0.29, 0.717) is 0 Å². The fourth-order valence-electron chi connectivity index (χ4n) is 1.76. The van der Waals surface area contributed by atoms with Crippen LogP contribution in [0.1, 0.15) is 25.3 Å². The molecule has 2 aromatic rings. The Kier molecular flexibility index (Phi) is 4.61. The molecule has 0 unspecified atom stereocenters. The van der Waals surface area contributed by atoms with Crippen molar-refractivity contribution in [2.24, 2.45) is 0 Å². The SMILES string of the molecule is CCCC#Cc1ccccc1-c1ccc(Br)cc1. The molecule has 0 nitrogen and oxygen atoms in total. The van der Waals surface area contributed by atoms with Gasteiger partial charge in [0.2, 0.25) is 0 Å². The molecule has 0 aliphatic rings. The van der Waals surface area contributed by atoms with Crippen molar-refractivity contribution in [3.8, 4) is 23.0 Å². The normalized spacial score (nSPS) is 9.67. The quantitative estimate of drug-likeness (QED) is 0.663. The first-order chi connectivity index (χ1) is 8.81. The van der Waals surface area contributed by atoms with Gasteiger partial charge in [0.15, 0.2) is 0 Å². The van der Waals surface area contributed by atoms with Gasteiger partial charge in [-0.1, -0.05) is 65.0 Å². The Bertz CT molecular complexity index is 571. The van der Waals surface area contributed by atoms with Crippen LogP contribution in [0.5, 0.6) is 0 Å². The zero-order chi connectivity index (χ0) is 12.8. The van der Waals surface area contributed by atoms with Gasteiger partial charge in [0.05, 0.1) is 0 Å².